The summed E-state index contributed by atoms with van der Waals surface area (Å²) in [5, 5.41) is 7.87. The van der Waals surface area contributed by atoms with E-state index in [0.29, 0.717) is 0 Å². The third-order valence-corrected chi connectivity index (χ3v) is 3.56. The molecule has 1 heterocycles. The van der Waals surface area contributed by atoms with E-state index >= 15 is 0 Å². The lowest BCUT2D eigenvalue weighted by molar-refractivity contribution is 0.435. The summed E-state index contributed by atoms with van der Waals surface area (Å²) in [6.45, 7) is 10.5. The van der Waals surface area contributed by atoms with Crippen LogP contribution in [0.25, 0.3) is 0 Å². The highest BCUT2D eigenvalue weighted by Crippen LogP contribution is 2.24. The van der Waals surface area contributed by atoms with E-state index in [9.17, 15) is 0 Å². The van der Waals surface area contributed by atoms with Gasteiger partial charge in [0.25, 0.3) is 0 Å². The topological polar surface area (TPSA) is 42.7 Å². The second-order valence-corrected chi connectivity index (χ2v) is 5.44. The zero-order chi connectivity index (χ0) is 14.5. The van der Waals surface area contributed by atoms with Crippen molar-refractivity contribution in [3.8, 4) is 0 Å². The summed E-state index contributed by atoms with van der Waals surface area (Å²) in [6, 6.07) is 4.78. The Morgan fingerprint density at radius 3 is 2.45 bits per heavy atom. The second-order valence-electron chi connectivity index (χ2n) is 5.44. The van der Waals surface area contributed by atoms with Gasteiger partial charge in [-0.1, -0.05) is 24.6 Å². The molecular formula is C16H24N4. The lowest BCUT2D eigenvalue weighted by atomic mass is 9.94. The van der Waals surface area contributed by atoms with Gasteiger partial charge in [0.15, 0.2) is 0 Å². The second kappa shape index (κ2) is 6.66. The number of hydrogen-bond donors (Lipinski definition) is 1. The van der Waals surface area contributed by atoms with Gasteiger partial charge >= 0.3 is 0 Å². The lowest BCUT2D eigenvalue weighted by Crippen LogP contribution is -2.28. The van der Waals surface area contributed by atoms with E-state index < -0.39 is 0 Å². The largest absolute Gasteiger partial charge is 0.308 e. The number of nitrogens with one attached hydrogen (secondary N) is 1. The molecule has 1 atom stereocenters. The Morgan fingerprint density at radius 1 is 1.20 bits per heavy atom. The zero-order valence-corrected chi connectivity index (χ0v) is 12.8. The van der Waals surface area contributed by atoms with E-state index in [4.69, 9.17) is 0 Å². The van der Waals surface area contributed by atoms with Gasteiger partial charge in [-0.15, -0.1) is 0 Å². The van der Waals surface area contributed by atoms with Crippen LogP contribution in [-0.4, -0.2) is 21.3 Å². The molecule has 1 N–H and O–H groups in total. The molecule has 0 aliphatic rings. The van der Waals surface area contributed by atoms with E-state index in [1.54, 1.807) is 12.7 Å². The fourth-order valence-electron chi connectivity index (χ4n) is 2.83. The summed E-state index contributed by atoms with van der Waals surface area (Å²) in [5.41, 5.74) is 5.39. The Morgan fingerprint density at radius 2 is 1.90 bits per heavy atom. The molecule has 0 amide bonds. The van der Waals surface area contributed by atoms with Gasteiger partial charge in [0, 0.05) is 0 Å². The molecule has 0 spiro atoms. The highest BCUT2D eigenvalue weighted by molar-refractivity contribution is 5.39. The molecule has 0 radical (unpaired) electrons. The van der Waals surface area contributed by atoms with Crippen molar-refractivity contribution in [1.82, 2.24) is 20.1 Å². The summed E-state index contributed by atoms with van der Waals surface area (Å²) < 4.78 is 1.89. The predicted octanol–water partition coefficient (Wildman–Crippen LogP) is 2.94. The normalized spacial score (nSPS) is 12.6. The van der Waals surface area contributed by atoms with Gasteiger partial charge in [-0.05, 0) is 50.4 Å². The molecule has 0 aliphatic carbocycles. The molecule has 0 saturated carbocycles. The molecule has 1 aromatic carbocycles. The van der Waals surface area contributed by atoms with Crippen molar-refractivity contribution in [3.63, 3.8) is 0 Å². The van der Waals surface area contributed by atoms with Crippen molar-refractivity contribution >= 4 is 0 Å². The maximum Gasteiger partial charge on any atom is 0.137 e. The van der Waals surface area contributed by atoms with Gasteiger partial charge in [-0.3, -0.25) is 4.68 Å². The highest BCUT2D eigenvalue weighted by atomic mass is 15.3. The van der Waals surface area contributed by atoms with Crippen LogP contribution in [0, 0.1) is 20.8 Å². The summed E-state index contributed by atoms with van der Waals surface area (Å²) in [5.74, 6) is 0. The van der Waals surface area contributed by atoms with E-state index in [2.05, 4.69) is 55.2 Å². The lowest BCUT2D eigenvalue weighted by Gasteiger charge is -2.23. The first-order valence-corrected chi connectivity index (χ1v) is 7.25. The van der Waals surface area contributed by atoms with Crippen LogP contribution in [0.3, 0.4) is 0 Å². The van der Waals surface area contributed by atoms with Crippen LogP contribution in [0.4, 0.5) is 0 Å². The summed E-state index contributed by atoms with van der Waals surface area (Å²) in [4.78, 5) is 4.03. The van der Waals surface area contributed by atoms with Crippen LogP contribution in [0.15, 0.2) is 24.8 Å². The molecule has 4 heteroatoms. The molecule has 0 fully saturated rings. The van der Waals surface area contributed by atoms with E-state index in [1.807, 2.05) is 4.68 Å². The first-order chi connectivity index (χ1) is 9.61. The Hall–Kier alpha value is -1.68. The van der Waals surface area contributed by atoms with Gasteiger partial charge in [-0.2, -0.15) is 5.10 Å². The fourth-order valence-corrected chi connectivity index (χ4v) is 2.83. The van der Waals surface area contributed by atoms with Crippen LogP contribution in [0.2, 0.25) is 0 Å². The minimum absolute atomic E-state index is 0.275. The molecule has 1 unspecified atom stereocenters. The molecule has 4 nitrogen and oxygen atoms in total. The number of aryl methyl sites for hydroxylation is 3. The Balaban J connectivity index is 2.30. The molecule has 0 bridgehead atoms. The molecule has 0 saturated heterocycles. The zero-order valence-electron chi connectivity index (χ0n) is 12.8. The average molecular weight is 272 g/mol. The molecule has 2 rings (SSSR count). The monoisotopic (exact) mass is 272 g/mol. The standard InChI is InChI=1S/C16H24N4/c1-5-6-18-15(9-20-11-17-10-19-20)16-13(3)7-12(2)8-14(16)4/h7-8,10-11,15,18H,5-6,9H2,1-4H3. The van der Waals surface area contributed by atoms with Crippen molar-refractivity contribution in [2.75, 3.05) is 6.54 Å². The van der Waals surface area contributed by atoms with Gasteiger partial charge in [0.1, 0.15) is 12.7 Å². The summed E-state index contributed by atoms with van der Waals surface area (Å²) >= 11 is 0. The van der Waals surface area contributed by atoms with Gasteiger partial charge in [0.2, 0.25) is 0 Å². The van der Waals surface area contributed by atoms with Crippen molar-refractivity contribution in [1.29, 1.82) is 0 Å². The number of aromatic nitrogens is 3. The Kier molecular flexibility index (Phi) is 4.90. The van der Waals surface area contributed by atoms with Crippen molar-refractivity contribution in [2.24, 2.45) is 0 Å². The first kappa shape index (κ1) is 14.7. The van der Waals surface area contributed by atoms with Gasteiger partial charge < -0.3 is 5.32 Å². The molecular weight excluding hydrogens is 248 g/mol. The molecule has 108 valence electrons. The number of benzene rings is 1. The van der Waals surface area contributed by atoms with E-state index in [0.717, 1.165) is 19.5 Å². The van der Waals surface area contributed by atoms with Crippen molar-refractivity contribution < 1.29 is 0 Å². The molecule has 1 aromatic heterocycles. The van der Waals surface area contributed by atoms with Gasteiger partial charge in [0.05, 0.1) is 12.6 Å². The third kappa shape index (κ3) is 3.45. The minimum Gasteiger partial charge on any atom is -0.308 e. The summed E-state index contributed by atoms with van der Waals surface area (Å²) in [6.07, 6.45) is 4.49. The van der Waals surface area contributed by atoms with Crippen molar-refractivity contribution in [3.05, 3.63) is 47.0 Å². The van der Waals surface area contributed by atoms with E-state index in [1.165, 1.54) is 22.3 Å². The maximum atomic E-state index is 4.23. The van der Waals surface area contributed by atoms with E-state index in [-0.39, 0.29) is 6.04 Å². The Labute approximate surface area is 121 Å². The van der Waals surface area contributed by atoms with Crippen LogP contribution in [0.1, 0.15) is 41.6 Å². The van der Waals surface area contributed by atoms with Gasteiger partial charge in [-0.25, -0.2) is 4.98 Å². The third-order valence-electron chi connectivity index (χ3n) is 3.56. The maximum absolute atomic E-state index is 4.23. The Bertz CT molecular complexity index is 523. The first-order valence-electron chi connectivity index (χ1n) is 7.25. The molecule has 2 aromatic rings. The molecule has 20 heavy (non-hydrogen) atoms. The highest BCUT2D eigenvalue weighted by Gasteiger charge is 2.17. The number of rotatable bonds is 6. The number of nitrogens with zero attached hydrogens (tertiary/aromatic N) is 3. The quantitative estimate of drug-likeness (QED) is 0.879. The SMILES string of the molecule is CCCNC(Cn1cncn1)c1c(C)cc(C)cc1C. The van der Waals surface area contributed by atoms with Crippen LogP contribution in [-0.2, 0) is 6.54 Å². The fraction of sp³-hybridized carbons (Fsp3) is 0.500. The van der Waals surface area contributed by atoms with Crippen LogP contribution < -0.4 is 5.32 Å². The average Bonchev–Trinajstić information content (AvgIpc) is 2.87. The smallest absolute Gasteiger partial charge is 0.137 e. The molecule has 0 aliphatic heterocycles. The minimum atomic E-state index is 0.275. The van der Waals surface area contributed by atoms with Crippen LogP contribution >= 0.6 is 0 Å². The van der Waals surface area contributed by atoms with Crippen LogP contribution in [0.5, 0.6) is 0 Å². The van der Waals surface area contributed by atoms with Crippen molar-refractivity contribution in [2.45, 2.75) is 46.7 Å². The number of hydrogen-bond acceptors (Lipinski definition) is 3. The summed E-state index contributed by atoms with van der Waals surface area (Å²) in [7, 11) is 0. The predicted molar refractivity (Wildman–Crippen MR) is 81.7 cm³/mol.